The first-order valence-electron chi connectivity index (χ1n) is 7.94. The van der Waals surface area contributed by atoms with Crippen LogP contribution < -0.4 is 15.4 Å². The third-order valence-electron chi connectivity index (χ3n) is 4.47. The summed E-state index contributed by atoms with van der Waals surface area (Å²) >= 11 is 0. The van der Waals surface area contributed by atoms with E-state index in [0.29, 0.717) is 6.54 Å². The van der Waals surface area contributed by atoms with E-state index >= 15 is 0 Å². The molecule has 0 atom stereocenters. The lowest BCUT2D eigenvalue weighted by atomic mass is 9.78. The Bertz CT molecular complexity index is 525. The lowest BCUT2D eigenvalue weighted by Crippen LogP contribution is -2.44. The zero-order chi connectivity index (χ0) is 15.8. The molecule has 0 bridgehead atoms. The lowest BCUT2D eigenvalue weighted by molar-refractivity contribution is 0.371. The first kappa shape index (κ1) is 19.8. The van der Waals surface area contributed by atoms with E-state index in [4.69, 9.17) is 4.74 Å². The summed E-state index contributed by atoms with van der Waals surface area (Å²) in [5.74, 6) is 1.81. The Morgan fingerprint density at radius 1 is 1.30 bits per heavy atom. The van der Waals surface area contributed by atoms with Crippen LogP contribution in [-0.2, 0) is 5.41 Å². The topological polar surface area (TPSA) is 45.7 Å². The minimum atomic E-state index is 0. The van der Waals surface area contributed by atoms with Gasteiger partial charge in [0.05, 0.1) is 7.11 Å². The number of nitrogens with one attached hydrogen (secondary N) is 2. The number of halogens is 1. The number of hydrogen-bond donors (Lipinski definition) is 2. The molecule has 0 unspecified atom stereocenters. The lowest BCUT2D eigenvalue weighted by Gasteiger charge is -2.32. The van der Waals surface area contributed by atoms with Crippen molar-refractivity contribution in [2.45, 2.75) is 31.1 Å². The van der Waals surface area contributed by atoms with Crippen LogP contribution in [0.3, 0.4) is 0 Å². The van der Waals surface area contributed by atoms with Crippen LogP contribution in [0.25, 0.3) is 0 Å². The van der Waals surface area contributed by atoms with Crippen molar-refractivity contribution in [3.05, 3.63) is 42.5 Å². The summed E-state index contributed by atoms with van der Waals surface area (Å²) < 4.78 is 5.59. The zero-order valence-electron chi connectivity index (χ0n) is 14.1. The molecule has 0 aliphatic heterocycles. The molecule has 23 heavy (non-hydrogen) atoms. The number of methoxy groups -OCH3 is 1. The van der Waals surface area contributed by atoms with Crippen LogP contribution in [0, 0.1) is 0 Å². The van der Waals surface area contributed by atoms with Gasteiger partial charge in [0.2, 0.25) is 0 Å². The average Bonchev–Trinajstić information content (AvgIpc) is 3.05. The van der Waals surface area contributed by atoms with Gasteiger partial charge in [0, 0.05) is 31.1 Å². The minimum absolute atomic E-state index is 0. The van der Waals surface area contributed by atoms with Crippen molar-refractivity contribution in [1.82, 2.24) is 10.6 Å². The Morgan fingerprint density at radius 3 is 2.61 bits per heavy atom. The highest BCUT2D eigenvalue weighted by Crippen LogP contribution is 2.44. The fourth-order valence-corrected chi connectivity index (χ4v) is 3.32. The molecular formula is C18H28IN3O. The largest absolute Gasteiger partial charge is 0.496 e. The van der Waals surface area contributed by atoms with E-state index in [1.54, 1.807) is 14.2 Å². The van der Waals surface area contributed by atoms with Crippen molar-refractivity contribution in [3.8, 4) is 5.75 Å². The molecule has 2 rings (SSSR count). The molecule has 0 saturated heterocycles. The van der Waals surface area contributed by atoms with Crippen LogP contribution in [-0.4, -0.2) is 33.2 Å². The maximum absolute atomic E-state index is 5.59. The molecule has 1 aliphatic rings. The molecule has 1 aromatic carbocycles. The fourth-order valence-electron chi connectivity index (χ4n) is 3.32. The molecule has 5 heteroatoms. The highest BCUT2D eigenvalue weighted by molar-refractivity contribution is 14.0. The summed E-state index contributed by atoms with van der Waals surface area (Å²) in [4.78, 5) is 4.27. The van der Waals surface area contributed by atoms with Crippen molar-refractivity contribution in [3.63, 3.8) is 0 Å². The third kappa shape index (κ3) is 4.86. The van der Waals surface area contributed by atoms with Crippen molar-refractivity contribution in [2.24, 2.45) is 4.99 Å². The Morgan fingerprint density at radius 2 is 2.00 bits per heavy atom. The average molecular weight is 429 g/mol. The number of para-hydroxylation sites is 1. The molecule has 0 radical (unpaired) electrons. The second-order valence-corrected chi connectivity index (χ2v) is 5.78. The van der Waals surface area contributed by atoms with E-state index in [-0.39, 0.29) is 29.4 Å². The second kappa shape index (κ2) is 9.80. The maximum atomic E-state index is 5.59. The van der Waals surface area contributed by atoms with Gasteiger partial charge in [-0.05, 0) is 18.9 Å². The number of benzene rings is 1. The number of aliphatic imine (C=N–C) groups is 1. The molecule has 128 valence electrons. The Balaban J connectivity index is 0.00000264. The Labute approximate surface area is 156 Å². The number of hydrogen-bond acceptors (Lipinski definition) is 2. The molecule has 0 amide bonds. The highest BCUT2D eigenvalue weighted by Gasteiger charge is 2.37. The first-order valence-corrected chi connectivity index (χ1v) is 7.94. The van der Waals surface area contributed by atoms with Gasteiger partial charge >= 0.3 is 0 Å². The standard InChI is InChI=1S/C18H27N3O.HI/c1-4-13-20-17(19-2)21-14-18(11-7-8-12-18)15-9-5-6-10-16(15)22-3;/h4-6,9-10H,1,7-8,11-14H2,2-3H3,(H2,19,20,21);1H. The summed E-state index contributed by atoms with van der Waals surface area (Å²) in [5, 5.41) is 6.70. The monoisotopic (exact) mass is 429 g/mol. The predicted octanol–water partition coefficient (Wildman–Crippen LogP) is 3.48. The van der Waals surface area contributed by atoms with E-state index in [1.807, 2.05) is 12.1 Å². The van der Waals surface area contributed by atoms with Gasteiger partial charge in [-0.1, -0.05) is 37.1 Å². The smallest absolute Gasteiger partial charge is 0.191 e. The van der Waals surface area contributed by atoms with Gasteiger partial charge in [0.25, 0.3) is 0 Å². The van der Waals surface area contributed by atoms with E-state index in [2.05, 4.69) is 40.4 Å². The van der Waals surface area contributed by atoms with Crippen molar-refractivity contribution in [2.75, 3.05) is 27.2 Å². The summed E-state index contributed by atoms with van der Waals surface area (Å²) in [5.41, 5.74) is 1.43. The summed E-state index contributed by atoms with van der Waals surface area (Å²) in [7, 11) is 3.54. The third-order valence-corrected chi connectivity index (χ3v) is 4.47. The molecule has 0 spiro atoms. The molecule has 1 aromatic rings. The SMILES string of the molecule is C=CCNC(=NC)NCC1(c2ccccc2OC)CCCC1.I. The van der Waals surface area contributed by atoms with Crippen LogP contribution in [0.4, 0.5) is 0 Å². The summed E-state index contributed by atoms with van der Waals surface area (Å²) in [6, 6.07) is 8.39. The van der Waals surface area contributed by atoms with Gasteiger partial charge in [-0.25, -0.2) is 0 Å². The molecule has 1 fully saturated rings. The molecule has 4 nitrogen and oxygen atoms in total. The van der Waals surface area contributed by atoms with Gasteiger partial charge < -0.3 is 15.4 Å². The van der Waals surface area contributed by atoms with Gasteiger partial charge in [0.1, 0.15) is 5.75 Å². The molecule has 1 aliphatic carbocycles. The van der Waals surface area contributed by atoms with Crippen molar-refractivity contribution < 1.29 is 4.74 Å². The van der Waals surface area contributed by atoms with Crippen LogP contribution in [0.5, 0.6) is 5.75 Å². The maximum Gasteiger partial charge on any atom is 0.191 e. The quantitative estimate of drug-likeness (QED) is 0.315. The number of ether oxygens (including phenoxy) is 1. The molecule has 0 aromatic heterocycles. The van der Waals surface area contributed by atoms with Crippen LogP contribution >= 0.6 is 24.0 Å². The predicted molar refractivity (Wildman–Crippen MR) is 108 cm³/mol. The van der Waals surface area contributed by atoms with Crippen LogP contribution in [0.2, 0.25) is 0 Å². The first-order chi connectivity index (χ1) is 10.8. The fraction of sp³-hybridized carbons (Fsp3) is 0.500. The number of guanidine groups is 1. The Kier molecular flexibility index (Phi) is 8.44. The second-order valence-electron chi connectivity index (χ2n) is 5.78. The minimum Gasteiger partial charge on any atom is -0.496 e. The van der Waals surface area contributed by atoms with E-state index in [9.17, 15) is 0 Å². The van der Waals surface area contributed by atoms with Crippen LogP contribution in [0.1, 0.15) is 31.2 Å². The summed E-state index contributed by atoms with van der Waals surface area (Å²) in [6.45, 7) is 5.30. The molecule has 2 N–H and O–H groups in total. The van der Waals surface area contributed by atoms with Gasteiger partial charge in [-0.2, -0.15) is 0 Å². The zero-order valence-corrected chi connectivity index (χ0v) is 16.4. The van der Waals surface area contributed by atoms with Crippen molar-refractivity contribution >= 4 is 29.9 Å². The van der Waals surface area contributed by atoms with Gasteiger partial charge in [-0.15, -0.1) is 30.6 Å². The van der Waals surface area contributed by atoms with Crippen molar-refractivity contribution in [1.29, 1.82) is 0 Å². The van der Waals surface area contributed by atoms with E-state index in [1.165, 1.54) is 31.2 Å². The summed E-state index contributed by atoms with van der Waals surface area (Å²) in [6.07, 6.45) is 6.72. The normalized spacial score (nSPS) is 16.3. The molecular weight excluding hydrogens is 401 g/mol. The number of rotatable bonds is 6. The molecule has 0 heterocycles. The highest BCUT2D eigenvalue weighted by atomic mass is 127. The number of nitrogens with zero attached hydrogens (tertiary/aromatic N) is 1. The van der Waals surface area contributed by atoms with Gasteiger partial charge in [-0.3, -0.25) is 4.99 Å². The Hall–Kier alpha value is -1.24. The van der Waals surface area contributed by atoms with E-state index < -0.39 is 0 Å². The molecule has 1 saturated carbocycles. The van der Waals surface area contributed by atoms with E-state index in [0.717, 1.165) is 18.3 Å². The van der Waals surface area contributed by atoms with Gasteiger partial charge in [0.15, 0.2) is 5.96 Å². The van der Waals surface area contributed by atoms with Crippen LogP contribution in [0.15, 0.2) is 41.9 Å².